The van der Waals surface area contributed by atoms with Crippen molar-refractivity contribution in [3.05, 3.63) is 83.4 Å². The van der Waals surface area contributed by atoms with Crippen LogP contribution in [-0.2, 0) is 0 Å². The molecule has 0 N–H and O–H groups in total. The zero-order valence-electron chi connectivity index (χ0n) is 17.6. The van der Waals surface area contributed by atoms with Crippen LogP contribution in [0.25, 0.3) is 28.1 Å². The van der Waals surface area contributed by atoms with Gasteiger partial charge in [0.15, 0.2) is 11.5 Å². The Balaban J connectivity index is 1.79. The first-order valence-corrected chi connectivity index (χ1v) is 9.92. The Hall–Kier alpha value is -3.66. The molecule has 0 atom stereocenters. The summed E-state index contributed by atoms with van der Waals surface area (Å²) in [6.45, 7) is 6.19. The second-order valence-electron chi connectivity index (χ2n) is 7.21. The Bertz CT molecular complexity index is 1250. The molecule has 0 radical (unpaired) electrons. The van der Waals surface area contributed by atoms with Crippen molar-refractivity contribution in [3.63, 3.8) is 0 Å². The second-order valence-corrected chi connectivity index (χ2v) is 7.21. The highest BCUT2D eigenvalue weighted by Crippen LogP contribution is 2.37. The molecule has 0 aliphatic heterocycles. The third-order valence-electron chi connectivity index (χ3n) is 5.19. The lowest BCUT2D eigenvalue weighted by Crippen LogP contribution is -1.98. The fourth-order valence-corrected chi connectivity index (χ4v) is 3.43. The number of hydrogen-bond acceptors (Lipinski definition) is 4. The molecule has 3 aromatic carbocycles. The Labute approximate surface area is 176 Å². The van der Waals surface area contributed by atoms with E-state index in [-0.39, 0.29) is 0 Å². The van der Waals surface area contributed by atoms with E-state index in [4.69, 9.17) is 9.47 Å². The van der Waals surface area contributed by atoms with E-state index in [1.165, 1.54) is 11.1 Å². The molecule has 0 aliphatic rings. The minimum atomic E-state index is 0.454. The molecule has 4 nitrogen and oxygen atoms in total. The van der Waals surface area contributed by atoms with Gasteiger partial charge in [0.2, 0.25) is 5.88 Å². The standard InChI is InChI=1S/C26H24N2O2/c1-5-8-19-12-14-23(24(16-19)29-4)30-26-22-10-7-6-9-21(22)25(27-28-26)20-13-11-17(2)18(3)15-20/h5-16H,1-4H3/b8-5-. The van der Waals surface area contributed by atoms with Crippen LogP contribution >= 0.6 is 0 Å². The van der Waals surface area contributed by atoms with Crippen LogP contribution in [0.5, 0.6) is 17.4 Å². The van der Waals surface area contributed by atoms with Gasteiger partial charge in [-0.15, -0.1) is 10.2 Å². The zero-order chi connectivity index (χ0) is 21.1. The second kappa shape index (κ2) is 8.37. The van der Waals surface area contributed by atoms with Gasteiger partial charge in [-0.3, -0.25) is 0 Å². The number of hydrogen-bond donors (Lipinski definition) is 0. The highest BCUT2D eigenvalue weighted by atomic mass is 16.5. The molecule has 4 heteroatoms. The van der Waals surface area contributed by atoms with Crippen molar-refractivity contribution in [2.45, 2.75) is 20.8 Å². The van der Waals surface area contributed by atoms with E-state index >= 15 is 0 Å². The Morgan fingerprint density at radius 2 is 1.60 bits per heavy atom. The average Bonchev–Trinajstić information content (AvgIpc) is 2.77. The summed E-state index contributed by atoms with van der Waals surface area (Å²) in [5.41, 5.74) is 5.41. The van der Waals surface area contributed by atoms with Crippen LogP contribution in [0.2, 0.25) is 0 Å². The molecule has 0 aliphatic carbocycles. The number of allylic oxidation sites excluding steroid dienone is 1. The van der Waals surface area contributed by atoms with E-state index < -0.39 is 0 Å². The van der Waals surface area contributed by atoms with Gasteiger partial charge >= 0.3 is 0 Å². The van der Waals surface area contributed by atoms with Crippen molar-refractivity contribution in [3.8, 4) is 28.6 Å². The third-order valence-corrected chi connectivity index (χ3v) is 5.19. The van der Waals surface area contributed by atoms with Crippen LogP contribution in [0.3, 0.4) is 0 Å². The summed E-state index contributed by atoms with van der Waals surface area (Å²) in [5.74, 6) is 1.70. The van der Waals surface area contributed by atoms with E-state index in [1.54, 1.807) is 7.11 Å². The molecule has 1 heterocycles. The Morgan fingerprint density at radius 1 is 0.800 bits per heavy atom. The Kier molecular flexibility index (Phi) is 5.48. The molecule has 0 saturated carbocycles. The molecule has 0 amide bonds. The molecule has 150 valence electrons. The van der Waals surface area contributed by atoms with Crippen LogP contribution < -0.4 is 9.47 Å². The minimum Gasteiger partial charge on any atom is -0.493 e. The van der Waals surface area contributed by atoms with E-state index in [0.717, 1.165) is 27.6 Å². The predicted molar refractivity (Wildman–Crippen MR) is 122 cm³/mol. The van der Waals surface area contributed by atoms with Crippen molar-refractivity contribution >= 4 is 16.8 Å². The number of fused-ring (bicyclic) bond motifs is 1. The van der Waals surface area contributed by atoms with Gasteiger partial charge in [0.05, 0.1) is 7.11 Å². The smallest absolute Gasteiger partial charge is 0.246 e. The third kappa shape index (κ3) is 3.77. The van der Waals surface area contributed by atoms with Gasteiger partial charge in [-0.2, -0.15) is 0 Å². The topological polar surface area (TPSA) is 44.2 Å². The lowest BCUT2D eigenvalue weighted by atomic mass is 10.0. The summed E-state index contributed by atoms with van der Waals surface area (Å²) >= 11 is 0. The van der Waals surface area contributed by atoms with E-state index in [0.29, 0.717) is 17.4 Å². The monoisotopic (exact) mass is 396 g/mol. The van der Waals surface area contributed by atoms with Gasteiger partial charge in [0.25, 0.3) is 0 Å². The van der Waals surface area contributed by atoms with Crippen molar-refractivity contribution in [1.29, 1.82) is 0 Å². The average molecular weight is 396 g/mol. The molecule has 0 saturated heterocycles. The van der Waals surface area contributed by atoms with E-state index in [2.05, 4.69) is 42.2 Å². The van der Waals surface area contributed by atoms with Crippen LogP contribution in [0.1, 0.15) is 23.6 Å². The van der Waals surface area contributed by atoms with Crippen LogP contribution in [0, 0.1) is 13.8 Å². The first-order valence-electron chi connectivity index (χ1n) is 9.92. The number of aryl methyl sites for hydroxylation is 2. The SMILES string of the molecule is C/C=C\c1ccc(Oc2nnc(-c3ccc(C)c(C)c3)c3ccccc23)c(OC)c1. The Morgan fingerprint density at radius 3 is 2.33 bits per heavy atom. The van der Waals surface area contributed by atoms with Crippen LogP contribution in [-0.4, -0.2) is 17.3 Å². The number of nitrogens with zero attached hydrogens (tertiary/aromatic N) is 2. The minimum absolute atomic E-state index is 0.454. The molecule has 4 aromatic rings. The van der Waals surface area contributed by atoms with Crippen molar-refractivity contribution in [1.82, 2.24) is 10.2 Å². The first-order chi connectivity index (χ1) is 14.6. The quantitative estimate of drug-likeness (QED) is 0.374. The summed E-state index contributed by atoms with van der Waals surface area (Å²) < 4.78 is 11.7. The molecule has 0 unspecified atom stereocenters. The van der Waals surface area contributed by atoms with Crippen molar-refractivity contribution < 1.29 is 9.47 Å². The highest BCUT2D eigenvalue weighted by molar-refractivity contribution is 5.97. The molecule has 1 aromatic heterocycles. The molecule has 4 rings (SSSR count). The number of benzene rings is 3. The maximum absolute atomic E-state index is 6.16. The van der Waals surface area contributed by atoms with Crippen molar-refractivity contribution in [2.75, 3.05) is 7.11 Å². The lowest BCUT2D eigenvalue weighted by Gasteiger charge is -2.13. The van der Waals surface area contributed by atoms with E-state index in [1.807, 2.05) is 61.5 Å². The number of rotatable bonds is 5. The first kappa shape index (κ1) is 19.6. The van der Waals surface area contributed by atoms with Crippen LogP contribution in [0.15, 0.2) is 66.7 Å². The molecule has 0 fully saturated rings. The van der Waals surface area contributed by atoms with Gasteiger partial charge in [-0.25, -0.2) is 0 Å². The van der Waals surface area contributed by atoms with Gasteiger partial charge in [0.1, 0.15) is 5.69 Å². The molecule has 0 spiro atoms. The number of methoxy groups -OCH3 is 1. The fraction of sp³-hybridized carbons (Fsp3) is 0.154. The fourth-order valence-electron chi connectivity index (χ4n) is 3.43. The maximum atomic E-state index is 6.16. The number of aromatic nitrogens is 2. The molecular formula is C26H24N2O2. The summed E-state index contributed by atoms with van der Waals surface area (Å²) in [4.78, 5) is 0. The predicted octanol–water partition coefficient (Wildman–Crippen LogP) is 6.75. The largest absolute Gasteiger partial charge is 0.493 e. The zero-order valence-corrected chi connectivity index (χ0v) is 17.6. The summed E-state index contributed by atoms with van der Waals surface area (Å²) in [6, 6.07) is 20.2. The van der Waals surface area contributed by atoms with Gasteiger partial charge in [-0.05, 0) is 61.7 Å². The van der Waals surface area contributed by atoms with Gasteiger partial charge < -0.3 is 9.47 Å². The summed E-state index contributed by atoms with van der Waals surface area (Å²) in [6.07, 6.45) is 4.00. The van der Waals surface area contributed by atoms with Crippen molar-refractivity contribution in [2.24, 2.45) is 0 Å². The summed E-state index contributed by atoms with van der Waals surface area (Å²) in [5, 5.41) is 10.8. The summed E-state index contributed by atoms with van der Waals surface area (Å²) in [7, 11) is 1.63. The highest BCUT2D eigenvalue weighted by Gasteiger charge is 2.15. The normalized spacial score (nSPS) is 11.2. The van der Waals surface area contributed by atoms with E-state index in [9.17, 15) is 0 Å². The maximum Gasteiger partial charge on any atom is 0.246 e. The van der Waals surface area contributed by atoms with Gasteiger partial charge in [0, 0.05) is 16.3 Å². The molecular weight excluding hydrogens is 372 g/mol. The molecule has 30 heavy (non-hydrogen) atoms. The number of ether oxygens (including phenoxy) is 2. The van der Waals surface area contributed by atoms with Crippen LogP contribution in [0.4, 0.5) is 0 Å². The lowest BCUT2D eigenvalue weighted by molar-refractivity contribution is 0.374. The molecule has 0 bridgehead atoms. The van der Waals surface area contributed by atoms with Gasteiger partial charge in [-0.1, -0.05) is 48.6 Å².